The van der Waals surface area contributed by atoms with E-state index in [-0.39, 0.29) is 6.03 Å². The molecule has 2 amide bonds. The second-order valence-corrected chi connectivity index (χ2v) is 5.32. The Hall–Kier alpha value is -1.73. The molecular formula is C14H24N6O. The molecule has 0 aliphatic carbocycles. The number of urea groups is 1. The molecule has 0 aromatic carbocycles. The van der Waals surface area contributed by atoms with E-state index < -0.39 is 0 Å². The van der Waals surface area contributed by atoms with Gasteiger partial charge in [0, 0.05) is 45.1 Å². The minimum Gasteiger partial charge on any atom is -0.338 e. The molecular weight excluding hydrogens is 268 g/mol. The summed E-state index contributed by atoms with van der Waals surface area (Å²) in [5, 5.41) is 5.48. The summed E-state index contributed by atoms with van der Waals surface area (Å²) in [6.07, 6.45) is 6.73. The van der Waals surface area contributed by atoms with Crippen molar-refractivity contribution in [2.75, 3.05) is 51.6 Å². The monoisotopic (exact) mass is 292 g/mol. The first-order valence-electron chi connectivity index (χ1n) is 7.46. The molecule has 21 heavy (non-hydrogen) atoms. The molecule has 1 saturated heterocycles. The van der Waals surface area contributed by atoms with E-state index in [9.17, 15) is 4.79 Å². The van der Waals surface area contributed by atoms with Gasteiger partial charge in [0.25, 0.3) is 0 Å². The lowest BCUT2D eigenvalue weighted by atomic mass is 10.2. The predicted molar refractivity (Wildman–Crippen MR) is 82.2 cm³/mol. The van der Waals surface area contributed by atoms with Crippen molar-refractivity contribution in [1.82, 2.24) is 25.1 Å². The molecule has 7 heteroatoms. The number of unbranched alkanes of at least 4 members (excludes halogenated alkanes) is 1. The molecule has 2 rings (SSSR count). The van der Waals surface area contributed by atoms with Crippen molar-refractivity contribution < 1.29 is 4.79 Å². The van der Waals surface area contributed by atoms with E-state index in [1.54, 1.807) is 12.4 Å². The Labute approximate surface area is 125 Å². The van der Waals surface area contributed by atoms with Crippen molar-refractivity contribution in [3.8, 4) is 0 Å². The summed E-state index contributed by atoms with van der Waals surface area (Å²) < 4.78 is 0. The van der Waals surface area contributed by atoms with Gasteiger partial charge in [-0.1, -0.05) is 0 Å². The molecule has 116 valence electrons. The highest BCUT2D eigenvalue weighted by atomic mass is 16.2. The summed E-state index contributed by atoms with van der Waals surface area (Å²) in [5.41, 5.74) is 0. The van der Waals surface area contributed by atoms with Crippen LogP contribution in [0.1, 0.15) is 12.8 Å². The Morgan fingerprint density at radius 1 is 1.24 bits per heavy atom. The standard InChI is InChI=1S/C14H24N6O/c1-19-8-10-20(11-9-19)7-3-2-4-17-14(21)18-13-12-15-5-6-16-13/h5-6,12H,2-4,7-11H2,1H3,(H2,16,17,18,21). The normalized spacial score (nSPS) is 16.6. The summed E-state index contributed by atoms with van der Waals surface area (Å²) >= 11 is 0. The molecule has 0 unspecified atom stereocenters. The lowest BCUT2D eigenvalue weighted by Gasteiger charge is -2.32. The van der Waals surface area contributed by atoms with Gasteiger partial charge in [-0.2, -0.15) is 0 Å². The molecule has 1 aliphatic rings. The molecule has 1 fully saturated rings. The van der Waals surface area contributed by atoms with Crippen molar-refractivity contribution in [2.45, 2.75) is 12.8 Å². The van der Waals surface area contributed by atoms with E-state index in [1.807, 2.05) is 0 Å². The third-order valence-corrected chi connectivity index (χ3v) is 3.59. The number of nitrogens with one attached hydrogen (secondary N) is 2. The van der Waals surface area contributed by atoms with Crippen LogP contribution in [0.3, 0.4) is 0 Å². The van der Waals surface area contributed by atoms with Gasteiger partial charge in [0.1, 0.15) is 0 Å². The van der Waals surface area contributed by atoms with E-state index in [0.29, 0.717) is 12.4 Å². The van der Waals surface area contributed by atoms with Gasteiger partial charge in [-0.15, -0.1) is 0 Å². The smallest absolute Gasteiger partial charge is 0.320 e. The van der Waals surface area contributed by atoms with Crippen molar-refractivity contribution in [3.63, 3.8) is 0 Å². The third kappa shape index (κ3) is 6.05. The molecule has 0 atom stereocenters. The average Bonchev–Trinajstić information content (AvgIpc) is 2.50. The highest BCUT2D eigenvalue weighted by Crippen LogP contribution is 2.01. The number of hydrogen-bond donors (Lipinski definition) is 2. The molecule has 1 aromatic rings. The number of aromatic nitrogens is 2. The van der Waals surface area contributed by atoms with Crippen LogP contribution in [0.4, 0.5) is 10.6 Å². The van der Waals surface area contributed by atoms with Crippen LogP contribution >= 0.6 is 0 Å². The molecule has 0 radical (unpaired) electrons. The fourth-order valence-electron chi connectivity index (χ4n) is 2.26. The molecule has 7 nitrogen and oxygen atoms in total. The molecule has 0 bridgehead atoms. The van der Waals surface area contributed by atoms with E-state index in [1.165, 1.54) is 6.20 Å². The molecule has 1 aliphatic heterocycles. The van der Waals surface area contributed by atoms with Gasteiger partial charge >= 0.3 is 6.03 Å². The van der Waals surface area contributed by atoms with Crippen LogP contribution in [0.25, 0.3) is 0 Å². The van der Waals surface area contributed by atoms with Crippen LogP contribution in [0, 0.1) is 0 Å². The maximum Gasteiger partial charge on any atom is 0.320 e. The van der Waals surface area contributed by atoms with Crippen LogP contribution in [0.2, 0.25) is 0 Å². The van der Waals surface area contributed by atoms with Crippen LogP contribution in [0.15, 0.2) is 18.6 Å². The number of hydrogen-bond acceptors (Lipinski definition) is 5. The first-order valence-corrected chi connectivity index (χ1v) is 7.46. The van der Waals surface area contributed by atoms with Crippen LogP contribution in [-0.2, 0) is 0 Å². The fourth-order valence-corrected chi connectivity index (χ4v) is 2.26. The Morgan fingerprint density at radius 3 is 2.76 bits per heavy atom. The third-order valence-electron chi connectivity index (χ3n) is 3.59. The second kappa shape index (κ2) is 8.53. The molecule has 1 aromatic heterocycles. The van der Waals surface area contributed by atoms with E-state index >= 15 is 0 Å². The zero-order chi connectivity index (χ0) is 14.9. The van der Waals surface area contributed by atoms with E-state index in [2.05, 4.69) is 37.4 Å². The highest BCUT2D eigenvalue weighted by molar-refractivity contribution is 5.87. The van der Waals surface area contributed by atoms with Gasteiger partial charge in [-0.25, -0.2) is 9.78 Å². The summed E-state index contributed by atoms with van der Waals surface area (Å²) in [6.45, 7) is 6.40. The first-order chi connectivity index (χ1) is 10.2. The Kier molecular flexibility index (Phi) is 6.36. The molecule has 2 heterocycles. The zero-order valence-corrected chi connectivity index (χ0v) is 12.6. The van der Waals surface area contributed by atoms with Crippen LogP contribution in [0.5, 0.6) is 0 Å². The number of carbonyl (C=O) groups excluding carboxylic acids is 1. The second-order valence-electron chi connectivity index (χ2n) is 5.32. The SMILES string of the molecule is CN1CCN(CCCCNC(=O)Nc2cnccn2)CC1. The van der Waals surface area contributed by atoms with E-state index in [0.717, 1.165) is 45.6 Å². The summed E-state index contributed by atoms with van der Waals surface area (Å²) in [6, 6.07) is -0.227. The number of anilines is 1. The van der Waals surface area contributed by atoms with Gasteiger partial charge < -0.3 is 15.1 Å². The molecule has 0 saturated carbocycles. The summed E-state index contributed by atoms with van der Waals surface area (Å²) in [5.74, 6) is 0.465. The van der Waals surface area contributed by atoms with Crippen molar-refractivity contribution in [2.24, 2.45) is 0 Å². The average molecular weight is 292 g/mol. The Bertz CT molecular complexity index is 419. The summed E-state index contributed by atoms with van der Waals surface area (Å²) in [7, 11) is 2.16. The maximum absolute atomic E-state index is 11.6. The summed E-state index contributed by atoms with van der Waals surface area (Å²) in [4.78, 5) is 24.3. The molecule has 0 spiro atoms. The van der Waals surface area contributed by atoms with Gasteiger partial charge in [0.05, 0.1) is 6.20 Å². The van der Waals surface area contributed by atoms with Crippen LogP contribution in [-0.4, -0.2) is 72.1 Å². The van der Waals surface area contributed by atoms with Gasteiger partial charge in [-0.05, 0) is 26.4 Å². The number of amides is 2. The predicted octanol–water partition coefficient (Wildman–Crippen LogP) is 0.626. The molecule has 2 N–H and O–H groups in total. The first kappa shape index (κ1) is 15.7. The number of nitrogens with zero attached hydrogens (tertiary/aromatic N) is 4. The minimum atomic E-state index is -0.227. The Morgan fingerprint density at radius 2 is 2.05 bits per heavy atom. The lowest BCUT2D eigenvalue weighted by molar-refractivity contribution is 0.152. The van der Waals surface area contributed by atoms with Crippen molar-refractivity contribution in [3.05, 3.63) is 18.6 Å². The number of likely N-dealkylation sites (N-methyl/N-ethyl adjacent to an activating group) is 1. The van der Waals surface area contributed by atoms with Gasteiger partial charge in [0.2, 0.25) is 0 Å². The highest BCUT2D eigenvalue weighted by Gasteiger charge is 2.12. The number of piperazine rings is 1. The quantitative estimate of drug-likeness (QED) is 0.752. The zero-order valence-electron chi connectivity index (χ0n) is 12.6. The maximum atomic E-state index is 11.6. The van der Waals surface area contributed by atoms with E-state index in [4.69, 9.17) is 0 Å². The minimum absolute atomic E-state index is 0.227. The van der Waals surface area contributed by atoms with Crippen LogP contribution < -0.4 is 10.6 Å². The van der Waals surface area contributed by atoms with Crippen molar-refractivity contribution in [1.29, 1.82) is 0 Å². The topological polar surface area (TPSA) is 73.4 Å². The van der Waals surface area contributed by atoms with Gasteiger partial charge in [0.15, 0.2) is 5.82 Å². The number of carbonyl (C=O) groups is 1. The Balaban J connectivity index is 1.50. The van der Waals surface area contributed by atoms with Crippen molar-refractivity contribution >= 4 is 11.8 Å². The van der Waals surface area contributed by atoms with Gasteiger partial charge in [-0.3, -0.25) is 10.3 Å². The lowest BCUT2D eigenvalue weighted by Crippen LogP contribution is -2.44. The largest absolute Gasteiger partial charge is 0.338 e. The number of rotatable bonds is 6. The fraction of sp³-hybridized carbons (Fsp3) is 0.643.